The van der Waals surface area contributed by atoms with Gasteiger partial charge in [0.1, 0.15) is 17.9 Å². The first kappa shape index (κ1) is 23.7. The molecule has 4 aromatic rings. The first-order valence-electron chi connectivity index (χ1n) is 11.5. The number of nitrogens with zero attached hydrogens (tertiary/aromatic N) is 4. The van der Waals surface area contributed by atoms with Crippen molar-refractivity contribution in [2.45, 2.75) is 51.0 Å². The highest BCUT2D eigenvalue weighted by Crippen LogP contribution is 2.31. The minimum absolute atomic E-state index is 0.114. The van der Waals surface area contributed by atoms with Gasteiger partial charge in [0.05, 0.1) is 22.3 Å². The van der Waals surface area contributed by atoms with Crippen LogP contribution in [0.1, 0.15) is 42.5 Å². The lowest BCUT2D eigenvalue weighted by Gasteiger charge is -2.16. The lowest BCUT2D eigenvalue weighted by Crippen LogP contribution is -2.32. The summed E-state index contributed by atoms with van der Waals surface area (Å²) in [5.74, 6) is 0.609. The smallest absolute Gasteiger partial charge is 0.214 e. The van der Waals surface area contributed by atoms with Gasteiger partial charge in [0.2, 0.25) is 10.0 Å². The molecule has 0 bridgehead atoms. The number of nitrogens with one attached hydrogen (secondary N) is 1. The third kappa shape index (κ3) is 5.03. The molecule has 3 heterocycles. The standard InChI is InChI=1S/C25H26ClN5O3S/c1-17-11-23(31-10-9-27-16-31)20-7-4-8-24(25(20)30-17)34-15-21-18(12-28-14-22(21)26)13-29-35(32,33)19-5-2-3-6-19/h4,7-12,14,16,19,29H,2-3,5-6,13,15H2,1H3. The normalized spacial score (nSPS) is 14.6. The van der Waals surface area contributed by atoms with Crippen LogP contribution in [-0.4, -0.2) is 33.2 Å². The molecule has 1 aliphatic rings. The number of sulfonamides is 1. The molecule has 5 rings (SSSR count). The van der Waals surface area contributed by atoms with Crippen molar-refractivity contribution < 1.29 is 13.2 Å². The molecule has 1 fully saturated rings. The molecule has 8 nitrogen and oxygen atoms in total. The van der Waals surface area contributed by atoms with Crippen molar-refractivity contribution >= 4 is 32.5 Å². The van der Waals surface area contributed by atoms with Crippen molar-refractivity contribution in [3.8, 4) is 11.4 Å². The summed E-state index contributed by atoms with van der Waals surface area (Å²) in [6.45, 7) is 2.20. The summed E-state index contributed by atoms with van der Waals surface area (Å²) in [5.41, 5.74) is 3.91. The minimum Gasteiger partial charge on any atom is -0.487 e. The molecule has 1 N–H and O–H groups in total. The quantitative estimate of drug-likeness (QED) is 0.367. The molecular weight excluding hydrogens is 486 g/mol. The van der Waals surface area contributed by atoms with Gasteiger partial charge in [-0.2, -0.15) is 0 Å². The predicted octanol–water partition coefficient (Wildman–Crippen LogP) is 4.72. The SMILES string of the molecule is Cc1cc(-n2ccnc2)c2cccc(OCc3c(Cl)cncc3CNS(=O)(=O)C3CCCC3)c2n1. The second kappa shape index (κ2) is 9.93. The molecule has 35 heavy (non-hydrogen) atoms. The maximum atomic E-state index is 12.7. The van der Waals surface area contributed by atoms with E-state index in [4.69, 9.17) is 21.3 Å². The van der Waals surface area contributed by atoms with E-state index in [1.807, 2.05) is 42.0 Å². The van der Waals surface area contributed by atoms with E-state index in [0.717, 1.165) is 35.1 Å². The number of hydrogen-bond donors (Lipinski definition) is 1. The maximum absolute atomic E-state index is 12.7. The first-order valence-corrected chi connectivity index (χ1v) is 13.5. The van der Waals surface area contributed by atoms with E-state index in [0.29, 0.717) is 34.7 Å². The van der Waals surface area contributed by atoms with Gasteiger partial charge < -0.3 is 9.30 Å². The van der Waals surface area contributed by atoms with Gasteiger partial charge in [-0.25, -0.2) is 23.1 Å². The van der Waals surface area contributed by atoms with Crippen LogP contribution < -0.4 is 9.46 Å². The molecule has 0 spiro atoms. The largest absolute Gasteiger partial charge is 0.487 e. The molecule has 3 aromatic heterocycles. The van der Waals surface area contributed by atoms with Crippen molar-refractivity contribution in [2.24, 2.45) is 0 Å². The minimum atomic E-state index is -3.39. The van der Waals surface area contributed by atoms with Crippen LogP contribution in [0.4, 0.5) is 0 Å². The summed E-state index contributed by atoms with van der Waals surface area (Å²) >= 11 is 6.46. The third-order valence-corrected chi connectivity index (χ3v) is 8.58. The third-order valence-electron chi connectivity index (χ3n) is 6.36. The number of benzene rings is 1. The number of ether oxygens (including phenoxy) is 1. The summed E-state index contributed by atoms with van der Waals surface area (Å²) in [6.07, 6.45) is 11.8. The first-order chi connectivity index (χ1) is 16.9. The maximum Gasteiger partial charge on any atom is 0.214 e. The summed E-state index contributed by atoms with van der Waals surface area (Å²) in [6, 6.07) is 7.78. The molecule has 0 aliphatic heterocycles. The van der Waals surface area contributed by atoms with E-state index in [1.165, 1.54) is 6.20 Å². The topological polar surface area (TPSA) is 99.0 Å². The fourth-order valence-electron chi connectivity index (χ4n) is 4.52. The average molecular weight is 512 g/mol. The van der Waals surface area contributed by atoms with Crippen molar-refractivity contribution in [1.29, 1.82) is 0 Å². The molecule has 182 valence electrons. The number of imidazole rings is 1. The second-order valence-electron chi connectivity index (χ2n) is 8.73. The van der Waals surface area contributed by atoms with E-state index in [1.54, 1.807) is 18.7 Å². The summed E-state index contributed by atoms with van der Waals surface area (Å²) in [5, 5.41) is 1.02. The van der Waals surface area contributed by atoms with E-state index >= 15 is 0 Å². The van der Waals surface area contributed by atoms with Gasteiger partial charge in [-0.1, -0.05) is 36.6 Å². The number of halogens is 1. The molecule has 1 aromatic carbocycles. The van der Waals surface area contributed by atoms with Gasteiger partial charge >= 0.3 is 0 Å². The number of para-hydroxylation sites is 1. The Morgan fingerprint density at radius 1 is 1.20 bits per heavy atom. The van der Waals surface area contributed by atoms with Gasteiger partial charge in [-0.05, 0) is 37.5 Å². The molecule has 10 heteroatoms. The Hall–Kier alpha value is -3.01. The monoisotopic (exact) mass is 511 g/mol. The van der Waals surface area contributed by atoms with Gasteiger partial charge in [-0.15, -0.1) is 0 Å². The zero-order chi connectivity index (χ0) is 24.4. The van der Waals surface area contributed by atoms with Crippen molar-refractivity contribution in [1.82, 2.24) is 24.2 Å². The molecule has 0 atom stereocenters. The average Bonchev–Trinajstić information content (AvgIpc) is 3.57. The zero-order valence-electron chi connectivity index (χ0n) is 19.3. The Labute approximate surface area is 209 Å². The zero-order valence-corrected chi connectivity index (χ0v) is 20.9. The molecule has 0 saturated heterocycles. The summed E-state index contributed by atoms with van der Waals surface area (Å²) in [4.78, 5) is 13.0. The fourth-order valence-corrected chi connectivity index (χ4v) is 6.30. The number of aryl methyl sites for hydroxylation is 1. The lowest BCUT2D eigenvalue weighted by molar-refractivity contribution is 0.308. The Morgan fingerprint density at radius 2 is 2.03 bits per heavy atom. The van der Waals surface area contributed by atoms with Gasteiger partial charge in [0.15, 0.2) is 0 Å². The van der Waals surface area contributed by atoms with Crippen LogP contribution >= 0.6 is 11.6 Å². The molecule has 1 aliphatic carbocycles. The number of hydrogen-bond acceptors (Lipinski definition) is 6. The van der Waals surface area contributed by atoms with Crippen LogP contribution in [-0.2, 0) is 23.2 Å². The highest BCUT2D eigenvalue weighted by molar-refractivity contribution is 7.90. The van der Waals surface area contributed by atoms with E-state index < -0.39 is 10.0 Å². The van der Waals surface area contributed by atoms with Crippen LogP contribution in [0.2, 0.25) is 5.02 Å². The molecule has 0 unspecified atom stereocenters. The molecular formula is C25H26ClN5O3S. The molecule has 0 radical (unpaired) electrons. The van der Waals surface area contributed by atoms with Crippen LogP contribution in [0.15, 0.2) is 55.4 Å². The number of pyridine rings is 2. The van der Waals surface area contributed by atoms with E-state index in [2.05, 4.69) is 14.7 Å². The van der Waals surface area contributed by atoms with Crippen LogP contribution in [0, 0.1) is 6.92 Å². The lowest BCUT2D eigenvalue weighted by atomic mass is 10.1. The van der Waals surface area contributed by atoms with E-state index in [9.17, 15) is 8.42 Å². The summed E-state index contributed by atoms with van der Waals surface area (Å²) in [7, 11) is -3.39. The second-order valence-corrected chi connectivity index (χ2v) is 11.2. The number of aromatic nitrogens is 4. The van der Waals surface area contributed by atoms with Gasteiger partial charge in [-0.3, -0.25) is 4.98 Å². The Bertz CT molecular complexity index is 1450. The van der Waals surface area contributed by atoms with Gasteiger partial charge in [0.25, 0.3) is 0 Å². The fraction of sp³-hybridized carbons (Fsp3) is 0.320. The van der Waals surface area contributed by atoms with Crippen molar-refractivity contribution in [3.05, 3.63) is 77.2 Å². The number of fused-ring (bicyclic) bond motifs is 1. The van der Waals surface area contributed by atoms with Crippen LogP contribution in [0.5, 0.6) is 5.75 Å². The van der Waals surface area contributed by atoms with Crippen molar-refractivity contribution in [2.75, 3.05) is 0 Å². The van der Waals surface area contributed by atoms with Crippen LogP contribution in [0.3, 0.4) is 0 Å². The predicted molar refractivity (Wildman–Crippen MR) is 135 cm³/mol. The molecule has 1 saturated carbocycles. The van der Waals surface area contributed by atoms with Crippen molar-refractivity contribution in [3.63, 3.8) is 0 Å². The Balaban J connectivity index is 1.41. The molecule has 0 amide bonds. The number of rotatable bonds is 8. The summed E-state index contributed by atoms with van der Waals surface area (Å²) < 4.78 is 36.2. The highest BCUT2D eigenvalue weighted by Gasteiger charge is 2.28. The Kier molecular flexibility index (Phi) is 6.73. The van der Waals surface area contributed by atoms with Crippen LogP contribution in [0.25, 0.3) is 16.6 Å². The highest BCUT2D eigenvalue weighted by atomic mass is 35.5. The van der Waals surface area contributed by atoms with Gasteiger partial charge in [0, 0.05) is 48.0 Å². The van der Waals surface area contributed by atoms with E-state index in [-0.39, 0.29) is 18.4 Å². The Morgan fingerprint density at radius 3 is 2.80 bits per heavy atom.